The van der Waals surface area contributed by atoms with Gasteiger partial charge in [-0.25, -0.2) is 0 Å². The molecule has 0 heterocycles. The first kappa shape index (κ1) is 17.2. The quantitative estimate of drug-likeness (QED) is 0.680. The number of rotatable bonds is 9. The van der Waals surface area contributed by atoms with E-state index < -0.39 is 5.97 Å². The van der Waals surface area contributed by atoms with Gasteiger partial charge in [0.2, 0.25) is 5.91 Å². The Hall–Kier alpha value is -1.82. The van der Waals surface area contributed by atoms with Crippen molar-refractivity contribution in [1.82, 2.24) is 5.32 Å². The highest BCUT2D eigenvalue weighted by Crippen LogP contribution is 2.07. The Bertz CT molecular complexity index is 490. The molecule has 1 rings (SSSR count). The van der Waals surface area contributed by atoms with E-state index in [9.17, 15) is 14.4 Å². The number of carbonyl (C=O) groups is 3. The third-order valence-electron chi connectivity index (χ3n) is 2.73. The minimum Gasteiger partial charge on any atom is -0.481 e. The van der Waals surface area contributed by atoms with E-state index in [4.69, 9.17) is 5.11 Å². The number of carboxylic acids is 1. The molecule has 6 heteroatoms. The van der Waals surface area contributed by atoms with Crippen LogP contribution in [0.4, 0.5) is 0 Å². The van der Waals surface area contributed by atoms with E-state index in [-0.39, 0.29) is 35.5 Å². The molecule has 0 spiro atoms. The van der Waals surface area contributed by atoms with Crippen molar-refractivity contribution in [3.05, 3.63) is 35.9 Å². The molecule has 0 aliphatic carbocycles. The predicted octanol–water partition coefficient (Wildman–Crippen LogP) is 1.83. The molecule has 0 fully saturated rings. The largest absolute Gasteiger partial charge is 0.481 e. The second-order valence-electron chi connectivity index (χ2n) is 4.79. The molecule has 0 radical (unpaired) electrons. The number of benzene rings is 1. The van der Waals surface area contributed by atoms with Crippen molar-refractivity contribution < 1.29 is 19.5 Å². The molecule has 1 atom stereocenters. The lowest BCUT2D eigenvalue weighted by atomic mass is 10.1. The lowest BCUT2D eigenvalue weighted by molar-refractivity contribution is -0.138. The Balaban J connectivity index is 2.19. The Morgan fingerprint density at radius 1 is 1.19 bits per heavy atom. The first-order valence-corrected chi connectivity index (χ1v) is 7.79. The van der Waals surface area contributed by atoms with E-state index in [0.29, 0.717) is 12.1 Å². The van der Waals surface area contributed by atoms with Crippen LogP contribution < -0.4 is 5.32 Å². The molecule has 114 valence electrons. The summed E-state index contributed by atoms with van der Waals surface area (Å²) in [5.41, 5.74) is 0.639. The van der Waals surface area contributed by atoms with Crippen LogP contribution in [0.1, 0.15) is 23.7 Å². The van der Waals surface area contributed by atoms with Crippen LogP contribution in [0.15, 0.2) is 30.3 Å². The summed E-state index contributed by atoms with van der Waals surface area (Å²) in [5.74, 6) is -0.728. The fraction of sp³-hybridized carbons (Fsp3) is 0.400. The SMILES string of the molecule is CC(CNC(=O)CSCC(=O)c1ccccc1)CC(=O)O. The number of thioether (sulfide) groups is 1. The standard InChI is InChI=1S/C15H19NO4S/c1-11(7-15(19)20)8-16-14(18)10-21-9-13(17)12-5-3-2-4-6-12/h2-6,11H,7-10H2,1H3,(H,16,18)(H,19,20). The molecule has 0 aliphatic heterocycles. The van der Waals surface area contributed by atoms with Crippen molar-refractivity contribution in [3.63, 3.8) is 0 Å². The molecule has 0 saturated carbocycles. The van der Waals surface area contributed by atoms with Crippen LogP contribution in [0.2, 0.25) is 0 Å². The molecule has 1 aromatic carbocycles. The number of carbonyl (C=O) groups excluding carboxylic acids is 2. The van der Waals surface area contributed by atoms with E-state index in [1.807, 2.05) is 6.07 Å². The zero-order chi connectivity index (χ0) is 15.7. The highest BCUT2D eigenvalue weighted by Gasteiger charge is 2.10. The molecule has 0 aromatic heterocycles. The predicted molar refractivity (Wildman–Crippen MR) is 82.5 cm³/mol. The number of nitrogens with one attached hydrogen (secondary N) is 1. The fourth-order valence-corrected chi connectivity index (χ4v) is 2.39. The summed E-state index contributed by atoms with van der Waals surface area (Å²) in [5, 5.41) is 11.3. The molecular formula is C15H19NO4S. The van der Waals surface area contributed by atoms with Crippen LogP contribution in [0.25, 0.3) is 0 Å². The Morgan fingerprint density at radius 2 is 1.86 bits per heavy atom. The molecule has 0 saturated heterocycles. The molecule has 0 aliphatic rings. The van der Waals surface area contributed by atoms with Gasteiger partial charge in [0, 0.05) is 18.5 Å². The number of Topliss-reactive ketones (excluding diaryl/α,β-unsaturated/α-hetero) is 1. The number of aliphatic carboxylic acids is 1. The van der Waals surface area contributed by atoms with Crippen molar-refractivity contribution in [2.45, 2.75) is 13.3 Å². The van der Waals surface area contributed by atoms with Crippen molar-refractivity contribution in [1.29, 1.82) is 0 Å². The van der Waals surface area contributed by atoms with Gasteiger partial charge in [-0.2, -0.15) is 0 Å². The zero-order valence-corrected chi connectivity index (χ0v) is 12.7. The number of amides is 1. The molecule has 2 N–H and O–H groups in total. The topological polar surface area (TPSA) is 83.5 Å². The van der Waals surface area contributed by atoms with Gasteiger partial charge in [0.05, 0.1) is 11.5 Å². The average molecular weight is 309 g/mol. The zero-order valence-electron chi connectivity index (χ0n) is 11.9. The normalized spacial score (nSPS) is 11.7. The van der Waals surface area contributed by atoms with Gasteiger partial charge in [-0.3, -0.25) is 14.4 Å². The van der Waals surface area contributed by atoms with Crippen LogP contribution in [-0.4, -0.2) is 40.8 Å². The summed E-state index contributed by atoms with van der Waals surface area (Å²) in [4.78, 5) is 33.8. The smallest absolute Gasteiger partial charge is 0.303 e. The molecule has 21 heavy (non-hydrogen) atoms. The number of hydrogen-bond donors (Lipinski definition) is 2. The highest BCUT2D eigenvalue weighted by molar-refractivity contribution is 8.00. The third-order valence-corrected chi connectivity index (χ3v) is 3.67. The lowest BCUT2D eigenvalue weighted by Crippen LogP contribution is -2.30. The number of carboxylic acid groups (broad SMARTS) is 1. The summed E-state index contributed by atoms with van der Waals surface area (Å²) in [6, 6.07) is 8.94. The minimum absolute atomic E-state index is 0.00681. The van der Waals surface area contributed by atoms with Gasteiger partial charge >= 0.3 is 5.97 Å². The van der Waals surface area contributed by atoms with E-state index in [1.165, 1.54) is 11.8 Å². The van der Waals surface area contributed by atoms with E-state index in [1.54, 1.807) is 31.2 Å². The van der Waals surface area contributed by atoms with Gasteiger partial charge in [-0.05, 0) is 5.92 Å². The van der Waals surface area contributed by atoms with Crippen LogP contribution in [-0.2, 0) is 9.59 Å². The maximum absolute atomic E-state index is 11.8. The molecule has 1 amide bonds. The number of ketones is 1. The summed E-state index contributed by atoms with van der Waals surface area (Å²) < 4.78 is 0. The lowest BCUT2D eigenvalue weighted by Gasteiger charge is -2.10. The van der Waals surface area contributed by atoms with E-state index >= 15 is 0 Å². The average Bonchev–Trinajstić information content (AvgIpc) is 2.45. The maximum Gasteiger partial charge on any atom is 0.303 e. The van der Waals surface area contributed by atoms with Gasteiger partial charge in [-0.1, -0.05) is 37.3 Å². The second kappa shape index (κ2) is 9.18. The van der Waals surface area contributed by atoms with Gasteiger partial charge in [0.25, 0.3) is 0 Å². The number of hydrogen-bond acceptors (Lipinski definition) is 4. The fourth-order valence-electron chi connectivity index (χ4n) is 1.65. The van der Waals surface area contributed by atoms with Gasteiger partial charge < -0.3 is 10.4 Å². The van der Waals surface area contributed by atoms with Crippen LogP contribution in [0, 0.1) is 5.92 Å². The minimum atomic E-state index is -0.875. The van der Waals surface area contributed by atoms with Crippen LogP contribution >= 0.6 is 11.8 Å². The molecule has 1 unspecified atom stereocenters. The van der Waals surface area contributed by atoms with Gasteiger partial charge in [0.1, 0.15) is 0 Å². The summed E-state index contributed by atoms with van der Waals surface area (Å²) in [6.07, 6.45) is 0.0277. The van der Waals surface area contributed by atoms with Crippen molar-refractivity contribution >= 4 is 29.4 Å². The second-order valence-corrected chi connectivity index (χ2v) is 5.77. The van der Waals surface area contributed by atoms with Gasteiger partial charge in [0.15, 0.2) is 5.78 Å². The maximum atomic E-state index is 11.8. The molecular weight excluding hydrogens is 290 g/mol. The van der Waals surface area contributed by atoms with E-state index in [0.717, 1.165) is 0 Å². The Kier molecular flexibility index (Phi) is 7.53. The van der Waals surface area contributed by atoms with Crippen LogP contribution in [0.5, 0.6) is 0 Å². The Labute approximate surface area is 128 Å². The first-order chi connectivity index (χ1) is 9.99. The van der Waals surface area contributed by atoms with Crippen molar-refractivity contribution in [2.24, 2.45) is 5.92 Å². The third kappa shape index (κ3) is 7.51. The Morgan fingerprint density at radius 3 is 2.48 bits per heavy atom. The van der Waals surface area contributed by atoms with E-state index in [2.05, 4.69) is 5.32 Å². The van der Waals surface area contributed by atoms with Crippen molar-refractivity contribution in [2.75, 3.05) is 18.1 Å². The summed E-state index contributed by atoms with van der Waals surface area (Å²) >= 11 is 1.25. The van der Waals surface area contributed by atoms with Crippen LogP contribution in [0.3, 0.4) is 0 Å². The summed E-state index contributed by atoms with van der Waals surface area (Å²) in [7, 11) is 0. The summed E-state index contributed by atoms with van der Waals surface area (Å²) in [6.45, 7) is 2.10. The van der Waals surface area contributed by atoms with Crippen molar-refractivity contribution in [3.8, 4) is 0 Å². The monoisotopic (exact) mass is 309 g/mol. The van der Waals surface area contributed by atoms with Gasteiger partial charge in [-0.15, -0.1) is 11.8 Å². The molecule has 0 bridgehead atoms. The molecule has 5 nitrogen and oxygen atoms in total. The molecule has 1 aromatic rings. The first-order valence-electron chi connectivity index (χ1n) is 6.63. The highest BCUT2D eigenvalue weighted by atomic mass is 32.2.